The van der Waals surface area contributed by atoms with E-state index >= 15 is 0 Å². The first kappa shape index (κ1) is 10.3. The first-order chi connectivity index (χ1) is 4.95. The summed E-state index contributed by atoms with van der Waals surface area (Å²) < 4.78 is 0. The predicted molar refractivity (Wildman–Crippen MR) is 49.4 cm³/mol. The van der Waals surface area contributed by atoms with Crippen LogP contribution in [0.1, 0.15) is 20.8 Å². The zero-order chi connectivity index (χ0) is 8.91. The summed E-state index contributed by atoms with van der Waals surface area (Å²) in [6.07, 6.45) is 0. The molecule has 0 bridgehead atoms. The maximum Gasteiger partial charge on any atom is 0.155 e. The van der Waals surface area contributed by atoms with Gasteiger partial charge in [0, 0.05) is 0 Å². The molecule has 4 heteroatoms. The fraction of sp³-hybridized carbons (Fsp3) is 0.714. The van der Waals surface area contributed by atoms with Crippen LogP contribution in [0.15, 0.2) is 4.99 Å². The summed E-state index contributed by atoms with van der Waals surface area (Å²) >= 11 is 1.27. The third-order valence-corrected chi connectivity index (χ3v) is 1.39. The molecule has 62 valence electrons. The van der Waals surface area contributed by atoms with Crippen molar-refractivity contribution >= 4 is 16.9 Å². The number of thioether (sulfide) groups is 1. The van der Waals surface area contributed by atoms with E-state index in [4.69, 9.17) is 11.0 Å². The van der Waals surface area contributed by atoms with Gasteiger partial charge in [-0.2, -0.15) is 5.26 Å². The molecule has 0 heterocycles. The van der Waals surface area contributed by atoms with Gasteiger partial charge in [0.05, 0.1) is 17.4 Å². The fourth-order valence-corrected chi connectivity index (χ4v) is 1.02. The van der Waals surface area contributed by atoms with Gasteiger partial charge in [-0.25, -0.2) is 0 Å². The van der Waals surface area contributed by atoms with Gasteiger partial charge in [0.1, 0.15) is 0 Å². The summed E-state index contributed by atoms with van der Waals surface area (Å²) in [6.45, 7) is 5.90. The van der Waals surface area contributed by atoms with Gasteiger partial charge >= 0.3 is 0 Å². The molecule has 0 unspecified atom stereocenters. The largest absolute Gasteiger partial charge is 0.378 e. The molecule has 0 fully saturated rings. The predicted octanol–water partition coefficient (Wildman–Crippen LogP) is 1.36. The highest BCUT2D eigenvalue weighted by Crippen LogP contribution is 2.09. The van der Waals surface area contributed by atoms with E-state index in [9.17, 15) is 0 Å². The molecule has 0 saturated heterocycles. The minimum Gasteiger partial charge on any atom is -0.378 e. The molecule has 0 aromatic heterocycles. The summed E-state index contributed by atoms with van der Waals surface area (Å²) in [5.41, 5.74) is 5.36. The van der Waals surface area contributed by atoms with Crippen LogP contribution in [0.2, 0.25) is 0 Å². The molecule has 0 saturated carbocycles. The van der Waals surface area contributed by atoms with Crippen LogP contribution in [0, 0.1) is 11.3 Å². The van der Waals surface area contributed by atoms with E-state index in [0.717, 1.165) is 0 Å². The number of rotatable bonds is 1. The van der Waals surface area contributed by atoms with Crippen LogP contribution >= 0.6 is 11.8 Å². The van der Waals surface area contributed by atoms with Crippen molar-refractivity contribution in [3.05, 3.63) is 0 Å². The zero-order valence-corrected chi connectivity index (χ0v) is 7.90. The number of hydrogen-bond acceptors (Lipinski definition) is 3. The summed E-state index contributed by atoms with van der Waals surface area (Å²) in [6, 6.07) is 1.99. The van der Waals surface area contributed by atoms with Crippen molar-refractivity contribution in [1.82, 2.24) is 0 Å². The van der Waals surface area contributed by atoms with Crippen LogP contribution in [-0.2, 0) is 0 Å². The smallest absolute Gasteiger partial charge is 0.155 e. The topological polar surface area (TPSA) is 62.2 Å². The van der Waals surface area contributed by atoms with Crippen molar-refractivity contribution in [3.8, 4) is 6.07 Å². The van der Waals surface area contributed by atoms with E-state index < -0.39 is 0 Å². The van der Waals surface area contributed by atoms with Crippen molar-refractivity contribution < 1.29 is 0 Å². The maximum absolute atomic E-state index is 8.23. The van der Waals surface area contributed by atoms with Gasteiger partial charge in [-0.05, 0) is 20.8 Å². The van der Waals surface area contributed by atoms with Gasteiger partial charge in [-0.1, -0.05) is 11.8 Å². The van der Waals surface area contributed by atoms with Crippen molar-refractivity contribution in [2.45, 2.75) is 26.3 Å². The van der Waals surface area contributed by atoms with E-state index in [1.807, 2.05) is 26.8 Å². The zero-order valence-electron chi connectivity index (χ0n) is 7.09. The Morgan fingerprint density at radius 1 is 1.64 bits per heavy atom. The molecule has 0 aliphatic rings. The average molecular weight is 171 g/mol. The Morgan fingerprint density at radius 2 is 2.18 bits per heavy atom. The molecule has 2 N–H and O–H groups in total. The lowest BCUT2D eigenvalue weighted by Gasteiger charge is -2.12. The van der Waals surface area contributed by atoms with E-state index in [1.54, 1.807) is 0 Å². The standard InChI is InChI=1S/C7H13N3S/c1-7(2,3)10-6(9)11-5-4-8/h5H2,1-3H3,(H2,9,10). The number of amidine groups is 1. The lowest BCUT2D eigenvalue weighted by Crippen LogP contribution is -2.17. The van der Waals surface area contributed by atoms with Gasteiger partial charge in [0.15, 0.2) is 5.17 Å². The Kier molecular flexibility index (Phi) is 3.98. The van der Waals surface area contributed by atoms with Crippen LogP contribution in [0.5, 0.6) is 0 Å². The molecule has 0 atom stereocenters. The van der Waals surface area contributed by atoms with Gasteiger partial charge in [-0.3, -0.25) is 4.99 Å². The van der Waals surface area contributed by atoms with E-state index in [1.165, 1.54) is 11.8 Å². The number of nitriles is 1. The van der Waals surface area contributed by atoms with Gasteiger partial charge in [0.2, 0.25) is 0 Å². The molecule has 0 amide bonds. The second-order valence-corrected chi connectivity index (χ2v) is 4.06. The first-order valence-corrected chi connectivity index (χ1v) is 4.29. The lowest BCUT2D eigenvalue weighted by atomic mass is 10.1. The Morgan fingerprint density at radius 3 is 2.55 bits per heavy atom. The molecule has 0 aromatic carbocycles. The van der Waals surface area contributed by atoms with Crippen LogP contribution < -0.4 is 5.73 Å². The van der Waals surface area contributed by atoms with Crippen LogP contribution in [0.25, 0.3) is 0 Å². The summed E-state index contributed by atoms with van der Waals surface area (Å²) in [5.74, 6) is 0.366. The lowest BCUT2D eigenvalue weighted by molar-refractivity contribution is 0.585. The second-order valence-electron chi connectivity index (χ2n) is 3.07. The second kappa shape index (κ2) is 4.24. The fourth-order valence-electron chi connectivity index (χ4n) is 0.469. The average Bonchev–Trinajstić information content (AvgIpc) is 1.79. The van der Waals surface area contributed by atoms with Crippen LogP contribution in [-0.4, -0.2) is 16.5 Å². The summed E-state index contributed by atoms with van der Waals surface area (Å²) in [4.78, 5) is 4.15. The molecule has 0 spiro atoms. The third-order valence-electron chi connectivity index (χ3n) is 0.730. The van der Waals surface area contributed by atoms with E-state index in [2.05, 4.69) is 4.99 Å². The Bertz CT molecular complexity index is 185. The normalized spacial score (nSPS) is 12.7. The molecule has 11 heavy (non-hydrogen) atoms. The minimum absolute atomic E-state index is 0.146. The Hall–Kier alpha value is -0.690. The van der Waals surface area contributed by atoms with Crippen molar-refractivity contribution in [1.29, 1.82) is 5.26 Å². The summed E-state index contributed by atoms with van der Waals surface area (Å²) in [5, 5.41) is 8.72. The maximum atomic E-state index is 8.23. The van der Waals surface area contributed by atoms with Gasteiger partial charge in [0.25, 0.3) is 0 Å². The van der Waals surface area contributed by atoms with Gasteiger partial charge < -0.3 is 5.73 Å². The highest BCUT2D eigenvalue weighted by atomic mass is 32.2. The Labute approximate surface area is 71.7 Å². The molecular weight excluding hydrogens is 158 g/mol. The number of hydrogen-bond donors (Lipinski definition) is 1. The minimum atomic E-state index is -0.146. The SMILES string of the molecule is CC(C)(C)N=C(N)SCC#N. The molecule has 0 aromatic rings. The van der Waals surface area contributed by atoms with E-state index in [-0.39, 0.29) is 5.54 Å². The number of aliphatic imine (C=N–C) groups is 1. The monoisotopic (exact) mass is 171 g/mol. The van der Waals surface area contributed by atoms with Crippen molar-refractivity contribution in [2.75, 3.05) is 5.75 Å². The van der Waals surface area contributed by atoms with Crippen molar-refractivity contribution in [2.24, 2.45) is 10.7 Å². The van der Waals surface area contributed by atoms with Crippen LogP contribution in [0.3, 0.4) is 0 Å². The first-order valence-electron chi connectivity index (χ1n) is 3.31. The molecule has 0 rings (SSSR count). The quantitative estimate of drug-likeness (QED) is 0.478. The van der Waals surface area contributed by atoms with Gasteiger partial charge in [-0.15, -0.1) is 0 Å². The molecule has 3 nitrogen and oxygen atoms in total. The molecule has 0 radical (unpaired) electrons. The molecule has 0 aliphatic heterocycles. The van der Waals surface area contributed by atoms with E-state index in [0.29, 0.717) is 10.9 Å². The number of nitrogens with zero attached hydrogens (tertiary/aromatic N) is 2. The number of nitrogens with two attached hydrogens (primary N) is 1. The highest BCUT2D eigenvalue weighted by molar-refractivity contribution is 8.13. The highest BCUT2D eigenvalue weighted by Gasteiger charge is 2.07. The molecule has 0 aliphatic carbocycles. The Balaban J connectivity index is 3.93. The van der Waals surface area contributed by atoms with Crippen LogP contribution in [0.4, 0.5) is 0 Å². The molecular formula is C7H13N3S. The van der Waals surface area contributed by atoms with Crippen molar-refractivity contribution in [3.63, 3.8) is 0 Å². The third kappa shape index (κ3) is 7.20. The summed E-state index contributed by atoms with van der Waals surface area (Å²) in [7, 11) is 0.